The minimum atomic E-state index is -0.0941. The zero-order chi connectivity index (χ0) is 18.9. The number of benzene rings is 2. The predicted molar refractivity (Wildman–Crippen MR) is 109 cm³/mol. The summed E-state index contributed by atoms with van der Waals surface area (Å²) in [6, 6.07) is 17.4. The molecule has 1 saturated heterocycles. The molecule has 28 heavy (non-hydrogen) atoms. The van der Waals surface area contributed by atoms with E-state index in [-0.39, 0.29) is 11.8 Å². The van der Waals surface area contributed by atoms with E-state index in [4.69, 9.17) is 4.42 Å². The Morgan fingerprint density at radius 3 is 2.79 bits per heavy atom. The minimum Gasteiger partial charge on any atom is -0.450 e. The Balaban J connectivity index is 1.43. The first-order chi connectivity index (χ1) is 13.8. The second-order valence-electron chi connectivity index (χ2n) is 7.11. The molecule has 0 aliphatic carbocycles. The van der Waals surface area contributed by atoms with Crippen LogP contribution in [0.4, 0.5) is 11.5 Å². The largest absolute Gasteiger partial charge is 0.450 e. The summed E-state index contributed by atoms with van der Waals surface area (Å²) < 4.78 is 6.06. The lowest BCUT2D eigenvalue weighted by molar-refractivity contribution is -0.120. The van der Waals surface area contributed by atoms with Gasteiger partial charge in [0.15, 0.2) is 11.4 Å². The first kappa shape index (κ1) is 16.7. The van der Waals surface area contributed by atoms with Crippen LogP contribution in [0.3, 0.4) is 0 Å². The maximum atomic E-state index is 12.8. The number of aromatic nitrogens is 2. The van der Waals surface area contributed by atoms with E-state index in [1.165, 1.54) is 0 Å². The number of anilines is 2. The summed E-state index contributed by atoms with van der Waals surface area (Å²) in [6.07, 6.45) is 3.37. The molecule has 0 radical (unpaired) electrons. The van der Waals surface area contributed by atoms with E-state index in [9.17, 15) is 4.79 Å². The van der Waals surface area contributed by atoms with Gasteiger partial charge in [-0.2, -0.15) is 0 Å². The lowest BCUT2D eigenvalue weighted by Crippen LogP contribution is -2.41. The van der Waals surface area contributed by atoms with Crippen molar-refractivity contribution in [3.05, 3.63) is 60.9 Å². The van der Waals surface area contributed by atoms with E-state index < -0.39 is 0 Å². The van der Waals surface area contributed by atoms with Crippen LogP contribution < -0.4 is 10.2 Å². The van der Waals surface area contributed by atoms with Crippen molar-refractivity contribution in [2.45, 2.75) is 12.8 Å². The number of piperidine rings is 1. The number of nitrogens with one attached hydrogen (secondary N) is 1. The second kappa shape index (κ2) is 6.96. The van der Waals surface area contributed by atoms with Crippen molar-refractivity contribution in [1.82, 2.24) is 9.97 Å². The molecular formula is C22H20N4O2. The van der Waals surface area contributed by atoms with Gasteiger partial charge >= 0.3 is 0 Å². The van der Waals surface area contributed by atoms with Crippen LogP contribution >= 0.6 is 0 Å². The molecule has 1 aliphatic rings. The highest BCUT2D eigenvalue weighted by Crippen LogP contribution is 2.33. The normalized spacial score (nSPS) is 17.1. The molecule has 0 saturated carbocycles. The van der Waals surface area contributed by atoms with Gasteiger partial charge in [-0.25, -0.2) is 9.97 Å². The number of furan rings is 1. The molecule has 6 nitrogen and oxygen atoms in total. The molecule has 1 aliphatic heterocycles. The minimum absolute atomic E-state index is 0.0470. The first-order valence-corrected chi connectivity index (χ1v) is 9.53. The van der Waals surface area contributed by atoms with Crippen molar-refractivity contribution in [2.24, 2.45) is 5.92 Å². The van der Waals surface area contributed by atoms with Crippen molar-refractivity contribution in [3.63, 3.8) is 0 Å². The average Bonchev–Trinajstić information content (AvgIpc) is 3.13. The third-order valence-corrected chi connectivity index (χ3v) is 5.27. The average molecular weight is 372 g/mol. The van der Waals surface area contributed by atoms with Crippen LogP contribution in [0.2, 0.25) is 0 Å². The Morgan fingerprint density at radius 2 is 1.89 bits per heavy atom. The molecule has 140 valence electrons. The fraction of sp³-hybridized carbons (Fsp3) is 0.227. The Hall–Kier alpha value is -3.41. The highest BCUT2D eigenvalue weighted by molar-refractivity contribution is 6.05. The van der Waals surface area contributed by atoms with Gasteiger partial charge in [-0.15, -0.1) is 0 Å². The van der Waals surface area contributed by atoms with E-state index in [1.807, 2.05) is 54.6 Å². The Labute approximate surface area is 162 Å². The molecule has 4 aromatic rings. The topological polar surface area (TPSA) is 71.3 Å². The Kier molecular flexibility index (Phi) is 4.16. The summed E-state index contributed by atoms with van der Waals surface area (Å²) in [5.41, 5.74) is 3.13. The quantitative estimate of drug-likeness (QED) is 0.583. The smallest absolute Gasteiger partial charge is 0.229 e. The molecule has 5 rings (SSSR count). The maximum Gasteiger partial charge on any atom is 0.229 e. The van der Waals surface area contributed by atoms with E-state index >= 15 is 0 Å². The van der Waals surface area contributed by atoms with Crippen LogP contribution in [0.15, 0.2) is 65.3 Å². The van der Waals surface area contributed by atoms with Crippen molar-refractivity contribution in [3.8, 4) is 0 Å². The summed E-state index contributed by atoms with van der Waals surface area (Å²) in [5.74, 6) is 0.715. The van der Waals surface area contributed by atoms with Gasteiger partial charge < -0.3 is 14.6 Å². The molecule has 1 amide bonds. The number of hydrogen-bond acceptors (Lipinski definition) is 5. The fourth-order valence-corrected chi connectivity index (χ4v) is 3.89. The van der Waals surface area contributed by atoms with Gasteiger partial charge in [-0.3, -0.25) is 4.79 Å². The summed E-state index contributed by atoms with van der Waals surface area (Å²) in [7, 11) is 0. The first-order valence-electron chi connectivity index (χ1n) is 9.53. The molecule has 1 fully saturated rings. The summed E-state index contributed by atoms with van der Waals surface area (Å²) >= 11 is 0. The van der Waals surface area contributed by atoms with Crippen molar-refractivity contribution < 1.29 is 9.21 Å². The van der Waals surface area contributed by atoms with Gasteiger partial charge in [0, 0.05) is 24.2 Å². The van der Waals surface area contributed by atoms with Crippen molar-refractivity contribution in [1.29, 1.82) is 0 Å². The third-order valence-electron chi connectivity index (χ3n) is 5.27. The molecule has 1 atom stereocenters. The van der Waals surface area contributed by atoms with Gasteiger partial charge in [0.2, 0.25) is 5.91 Å². The summed E-state index contributed by atoms with van der Waals surface area (Å²) in [5, 5.41) is 4.00. The predicted octanol–water partition coefficient (Wildman–Crippen LogP) is 4.23. The zero-order valence-corrected chi connectivity index (χ0v) is 15.3. The monoisotopic (exact) mass is 372 g/mol. The molecule has 2 aromatic carbocycles. The van der Waals surface area contributed by atoms with Gasteiger partial charge in [0.1, 0.15) is 17.4 Å². The zero-order valence-electron chi connectivity index (χ0n) is 15.3. The van der Waals surface area contributed by atoms with E-state index in [2.05, 4.69) is 20.2 Å². The van der Waals surface area contributed by atoms with Gasteiger partial charge in [0.05, 0.1) is 5.92 Å². The molecule has 1 N–H and O–H groups in total. The van der Waals surface area contributed by atoms with Crippen LogP contribution in [-0.4, -0.2) is 29.0 Å². The highest BCUT2D eigenvalue weighted by Gasteiger charge is 2.28. The summed E-state index contributed by atoms with van der Waals surface area (Å²) in [4.78, 5) is 23.8. The molecule has 0 unspecified atom stereocenters. The number of fused-ring (bicyclic) bond motifs is 3. The summed E-state index contributed by atoms with van der Waals surface area (Å²) in [6.45, 7) is 1.46. The van der Waals surface area contributed by atoms with Crippen LogP contribution in [0.25, 0.3) is 22.1 Å². The number of carbonyl (C=O) groups is 1. The molecule has 3 heterocycles. The number of rotatable bonds is 3. The number of hydrogen-bond donors (Lipinski definition) is 1. The molecule has 2 aromatic heterocycles. The maximum absolute atomic E-state index is 12.8. The van der Waals surface area contributed by atoms with Gasteiger partial charge in [-0.05, 0) is 37.1 Å². The van der Waals surface area contributed by atoms with E-state index in [1.54, 1.807) is 6.33 Å². The van der Waals surface area contributed by atoms with Gasteiger partial charge in [0.25, 0.3) is 0 Å². The standard InChI is InChI=1S/C22H20N4O2/c27-22(25-16-8-2-1-3-9-16)15-7-6-12-26(13-15)21-20-19(23-14-24-21)17-10-4-5-11-18(17)28-20/h1-5,8-11,14-15H,6-7,12-13H2,(H,25,27)/t15-/m0/s1. The Morgan fingerprint density at radius 1 is 1.07 bits per heavy atom. The van der Waals surface area contributed by atoms with Crippen LogP contribution in [0, 0.1) is 5.92 Å². The second-order valence-corrected chi connectivity index (χ2v) is 7.11. The highest BCUT2D eigenvalue weighted by atomic mass is 16.3. The van der Waals surface area contributed by atoms with Crippen LogP contribution in [-0.2, 0) is 4.79 Å². The van der Waals surface area contributed by atoms with Crippen LogP contribution in [0.5, 0.6) is 0 Å². The Bertz CT molecular complexity index is 1140. The SMILES string of the molecule is O=C(Nc1ccccc1)[C@H]1CCCN(c2ncnc3c2oc2ccccc23)C1. The molecule has 0 spiro atoms. The molecule has 6 heteroatoms. The molecular weight excluding hydrogens is 352 g/mol. The van der Waals surface area contributed by atoms with E-state index in [0.29, 0.717) is 12.1 Å². The number of amides is 1. The van der Waals surface area contributed by atoms with Crippen molar-refractivity contribution >= 4 is 39.5 Å². The fourth-order valence-electron chi connectivity index (χ4n) is 3.89. The number of para-hydroxylation sites is 2. The number of carbonyl (C=O) groups excluding carboxylic acids is 1. The van der Waals surface area contributed by atoms with Crippen LogP contribution in [0.1, 0.15) is 12.8 Å². The van der Waals surface area contributed by atoms with Gasteiger partial charge in [-0.1, -0.05) is 30.3 Å². The van der Waals surface area contributed by atoms with E-state index in [0.717, 1.165) is 47.4 Å². The lowest BCUT2D eigenvalue weighted by Gasteiger charge is -2.32. The number of nitrogens with zero attached hydrogens (tertiary/aromatic N) is 3. The lowest BCUT2D eigenvalue weighted by atomic mass is 9.97. The third kappa shape index (κ3) is 2.97. The van der Waals surface area contributed by atoms with Crippen molar-refractivity contribution in [2.75, 3.05) is 23.3 Å². The molecule has 0 bridgehead atoms.